The molecule has 0 saturated carbocycles. The standard InChI is InChI=1S/C18H25N3O3/c1-2-14-5-7-15(8-6-14)19-18(23)21-11-9-20(10-12-21)17(22)16-4-3-13-24-16/h5-8,16H,2-4,9-13H2,1H3,(H,19,23)/t16-/m1/s1. The zero-order valence-electron chi connectivity index (χ0n) is 14.2. The molecule has 2 saturated heterocycles. The van der Waals surface area contributed by atoms with Gasteiger partial charge in [-0.05, 0) is 37.0 Å². The van der Waals surface area contributed by atoms with Gasteiger partial charge in [0.1, 0.15) is 6.10 Å². The first-order valence-corrected chi connectivity index (χ1v) is 8.72. The third kappa shape index (κ3) is 3.87. The zero-order chi connectivity index (χ0) is 16.9. The van der Waals surface area contributed by atoms with Crippen molar-refractivity contribution in [2.24, 2.45) is 0 Å². The van der Waals surface area contributed by atoms with E-state index in [0.29, 0.717) is 32.8 Å². The Morgan fingerprint density at radius 1 is 1.12 bits per heavy atom. The second kappa shape index (κ2) is 7.66. The van der Waals surface area contributed by atoms with Crippen LogP contribution in [0.4, 0.5) is 10.5 Å². The maximum Gasteiger partial charge on any atom is 0.321 e. The molecule has 1 aromatic carbocycles. The lowest BCUT2D eigenvalue weighted by atomic mass is 10.1. The van der Waals surface area contributed by atoms with E-state index in [4.69, 9.17) is 4.74 Å². The van der Waals surface area contributed by atoms with Gasteiger partial charge in [-0.1, -0.05) is 19.1 Å². The van der Waals surface area contributed by atoms with Crippen molar-refractivity contribution in [2.75, 3.05) is 38.1 Å². The van der Waals surface area contributed by atoms with Crippen LogP contribution in [0.25, 0.3) is 0 Å². The number of urea groups is 1. The van der Waals surface area contributed by atoms with Crippen molar-refractivity contribution >= 4 is 17.6 Å². The van der Waals surface area contributed by atoms with Crippen molar-refractivity contribution in [3.63, 3.8) is 0 Å². The minimum absolute atomic E-state index is 0.0720. The SMILES string of the molecule is CCc1ccc(NC(=O)N2CCN(C(=O)[C@H]3CCCO3)CC2)cc1. The fraction of sp³-hybridized carbons (Fsp3) is 0.556. The van der Waals surface area contributed by atoms with Crippen LogP contribution >= 0.6 is 0 Å². The molecule has 1 aromatic rings. The lowest BCUT2D eigenvalue weighted by Crippen LogP contribution is -2.53. The van der Waals surface area contributed by atoms with Crippen LogP contribution in [-0.4, -0.2) is 60.6 Å². The molecule has 6 nitrogen and oxygen atoms in total. The molecule has 6 heteroatoms. The summed E-state index contributed by atoms with van der Waals surface area (Å²) in [6, 6.07) is 7.78. The number of nitrogens with one attached hydrogen (secondary N) is 1. The molecule has 3 amide bonds. The number of ether oxygens (including phenoxy) is 1. The van der Waals surface area contributed by atoms with Crippen LogP contribution in [0, 0.1) is 0 Å². The van der Waals surface area contributed by atoms with Gasteiger partial charge in [0.15, 0.2) is 0 Å². The third-order valence-corrected chi connectivity index (χ3v) is 4.70. The number of nitrogens with zero attached hydrogens (tertiary/aromatic N) is 2. The molecule has 0 spiro atoms. The Morgan fingerprint density at radius 2 is 1.79 bits per heavy atom. The van der Waals surface area contributed by atoms with E-state index in [1.807, 2.05) is 29.2 Å². The van der Waals surface area contributed by atoms with Gasteiger partial charge in [-0.15, -0.1) is 0 Å². The van der Waals surface area contributed by atoms with Crippen molar-refractivity contribution in [3.8, 4) is 0 Å². The fourth-order valence-corrected chi connectivity index (χ4v) is 3.13. The molecule has 1 N–H and O–H groups in total. The first-order chi connectivity index (χ1) is 11.7. The minimum Gasteiger partial charge on any atom is -0.368 e. The Balaban J connectivity index is 1.48. The number of hydrogen-bond acceptors (Lipinski definition) is 3. The smallest absolute Gasteiger partial charge is 0.321 e. The summed E-state index contributed by atoms with van der Waals surface area (Å²) < 4.78 is 5.46. The molecule has 2 heterocycles. The molecule has 2 aliphatic heterocycles. The molecule has 0 aromatic heterocycles. The normalized spacial score (nSPS) is 21.0. The average Bonchev–Trinajstić information content (AvgIpc) is 3.16. The van der Waals surface area contributed by atoms with Crippen molar-refractivity contribution in [1.82, 2.24) is 9.80 Å². The number of aryl methyl sites for hydroxylation is 1. The Bertz CT molecular complexity index is 574. The van der Waals surface area contributed by atoms with Crippen LogP contribution in [-0.2, 0) is 16.0 Å². The number of carbonyl (C=O) groups excluding carboxylic acids is 2. The monoisotopic (exact) mass is 331 g/mol. The summed E-state index contributed by atoms with van der Waals surface area (Å²) in [5.41, 5.74) is 2.05. The van der Waals surface area contributed by atoms with E-state index in [-0.39, 0.29) is 18.0 Å². The van der Waals surface area contributed by atoms with E-state index >= 15 is 0 Å². The number of benzene rings is 1. The van der Waals surface area contributed by atoms with Crippen molar-refractivity contribution in [2.45, 2.75) is 32.3 Å². The van der Waals surface area contributed by atoms with E-state index in [0.717, 1.165) is 24.9 Å². The molecule has 2 aliphatic rings. The molecular weight excluding hydrogens is 306 g/mol. The summed E-state index contributed by atoms with van der Waals surface area (Å²) in [6.07, 6.45) is 2.47. The number of piperazine rings is 1. The van der Waals surface area contributed by atoms with Crippen LogP contribution in [0.3, 0.4) is 0 Å². The van der Waals surface area contributed by atoms with Crippen LogP contribution < -0.4 is 5.32 Å². The summed E-state index contributed by atoms with van der Waals surface area (Å²) in [6.45, 7) is 5.02. The van der Waals surface area contributed by atoms with Crippen LogP contribution in [0.2, 0.25) is 0 Å². The number of rotatable bonds is 3. The highest BCUT2D eigenvalue weighted by atomic mass is 16.5. The van der Waals surface area contributed by atoms with Crippen molar-refractivity contribution in [3.05, 3.63) is 29.8 Å². The molecular formula is C18H25N3O3. The van der Waals surface area contributed by atoms with Gasteiger partial charge in [0, 0.05) is 38.5 Å². The highest BCUT2D eigenvalue weighted by Gasteiger charge is 2.31. The van der Waals surface area contributed by atoms with Crippen molar-refractivity contribution < 1.29 is 14.3 Å². The number of amides is 3. The third-order valence-electron chi connectivity index (χ3n) is 4.70. The fourth-order valence-electron chi connectivity index (χ4n) is 3.13. The highest BCUT2D eigenvalue weighted by Crippen LogP contribution is 2.16. The van der Waals surface area contributed by atoms with Gasteiger partial charge >= 0.3 is 6.03 Å². The lowest BCUT2D eigenvalue weighted by Gasteiger charge is -2.35. The molecule has 0 radical (unpaired) electrons. The van der Waals surface area contributed by atoms with Gasteiger partial charge in [0.05, 0.1) is 0 Å². The van der Waals surface area contributed by atoms with E-state index in [9.17, 15) is 9.59 Å². The Labute approximate surface area is 142 Å². The second-order valence-corrected chi connectivity index (χ2v) is 6.29. The molecule has 2 fully saturated rings. The van der Waals surface area contributed by atoms with E-state index in [2.05, 4.69) is 12.2 Å². The molecule has 0 unspecified atom stereocenters. The molecule has 0 aliphatic carbocycles. The topological polar surface area (TPSA) is 61.9 Å². The van der Waals surface area contributed by atoms with Crippen LogP contribution in [0.5, 0.6) is 0 Å². The molecule has 24 heavy (non-hydrogen) atoms. The number of anilines is 1. The maximum absolute atomic E-state index is 12.3. The van der Waals surface area contributed by atoms with E-state index in [1.165, 1.54) is 5.56 Å². The zero-order valence-corrected chi connectivity index (χ0v) is 14.2. The van der Waals surface area contributed by atoms with Crippen LogP contribution in [0.1, 0.15) is 25.3 Å². The molecule has 3 rings (SSSR count). The Hall–Kier alpha value is -2.08. The predicted octanol–water partition coefficient (Wildman–Crippen LogP) is 2.10. The minimum atomic E-state index is -0.276. The Kier molecular flexibility index (Phi) is 5.35. The van der Waals surface area contributed by atoms with Gasteiger partial charge in [-0.3, -0.25) is 4.79 Å². The lowest BCUT2D eigenvalue weighted by molar-refractivity contribution is -0.142. The van der Waals surface area contributed by atoms with Gasteiger partial charge in [-0.2, -0.15) is 0 Å². The van der Waals surface area contributed by atoms with Gasteiger partial charge in [0.2, 0.25) is 0 Å². The highest BCUT2D eigenvalue weighted by molar-refractivity contribution is 5.89. The molecule has 0 bridgehead atoms. The Morgan fingerprint density at radius 3 is 2.38 bits per heavy atom. The van der Waals surface area contributed by atoms with E-state index in [1.54, 1.807) is 4.90 Å². The molecule has 1 atom stereocenters. The maximum atomic E-state index is 12.3. The van der Waals surface area contributed by atoms with Gasteiger partial charge < -0.3 is 19.9 Å². The van der Waals surface area contributed by atoms with E-state index < -0.39 is 0 Å². The second-order valence-electron chi connectivity index (χ2n) is 6.29. The largest absolute Gasteiger partial charge is 0.368 e. The number of hydrogen-bond donors (Lipinski definition) is 1. The first kappa shape index (κ1) is 16.8. The average molecular weight is 331 g/mol. The summed E-state index contributed by atoms with van der Waals surface area (Å²) >= 11 is 0. The van der Waals surface area contributed by atoms with Crippen LogP contribution in [0.15, 0.2) is 24.3 Å². The predicted molar refractivity (Wildman–Crippen MR) is 92.0 cm³/mol. The molecule has 130 valence electrons. The van der Waals surface area contributed by atoms with Gasteiger partial charge in [-0.25, -0.2) is 4.79 Å². The summed E-state index contributed by atoms with van der Waals surface area (Å²) in [4.78, 5) is 28.2. The summed E-state index contributed by atoms with van der Waals surface area (Å²) in [5.74, 6) is 0.0720. The quantitative estimate of drug-likeness (QED) is 0.923. The summed E-state index contributed by atoms with van der Waals surface area (Å²) in [5, 5.41) is 2.92. The summed E-state index contributed by atoms with van der Waals surface area (Å²) in [7, 11) is 0. The van der Waals surface area contributed by atoms with Gasteiger partial charge in [0.25, 0.3) is 5.91 Å². The first-order valence-electron chi connectivity index (χ1n) is 8.72. The van der Waals surface area contributed by atoms with Crippen molar-refractivity contribution in [1.29, 1.82) is 0 Å². The number of carbonyl (C=O) groups is 2.